The molecule has 2 fully saturated rings. The van der Waals surface area contributed by atoms with Crippen LogP contribution in [0.2, 0.25) is 0 Å². The third kappa shape index (κ3) is 4.58. The van der Waals surface area contributed by atoms with Crippen LogP contribution >= 0.6 is 0 Å². The molecule has 1 aliphatic heterocycles. The summed E-state index contributed by atoms with van der Waals surface area (Å²) in [5.41, 5.74) is -1.35. The number of amides is 1. The van der Waals surface area contributed by atoms with Crippen LogP contribution in [0, 0.1) is 5.92 Å². The molecule has 0 aromatic heterocycles. The Morgan fingerprint density at radius 2 is 1.91 bits per heavy atom. The van der Waals surface area contributed by atoms with Gasteiger partial charge in [-0.3, -0.25) is 0 Å². The van der Waals surface area contributed by atoms with Crippen LogP contribution in [-0.4, -0.2) is 53.2 Å². The summed E-state index contributed by atoms with van der Waals surface area (Å²) in [6.07, 6.45) is 1.75. The highest BCUT2D eigenvalue weighted by Crippen LogP contribution is 2.39. The molecule has 1 amide bonds. The summed E-state index contributed by atoms with van der Waals surface area (Å²) in [4.78, 5) is 12.1. The molecule has 6 heteroatoms. The van der Waals surface area contributed by atoms with Gasteiger partial charge in [-0.05, 0) is 54.4 Å². The van der Waals surface area contributed by atoms with Crippen molar-refractivity contribution in [2.45, 2.75) is 89.8 Å². The number of ether oxygens (including phenoxy) is 2. The zero-order valence-corrected chi connectivity index (χ0v) is 15.2. The normalized spacial score (nSPS) is 32.5. The molecule has 23 heavy (non-hydrogen) atoms. The summed E-state index contributed by atoms with van der Waals surface area (Å²) in [7, 11) is 0. The number of hydrogen-bond acceptors (Lipinski definition) is 5. The predicted molar refractivity (Wildman–Crippen MR) is 88.3 cm³/mol. The number of carbonyl (C=O) groups excluding carboxylic acids is 1. The molecule has 6 nitrogen and oxygen atoms in total. The molecule has 2 aliphatic rings. The van der Waals surface area contributed by atoms with Gasteiger partial charge in [0.1, 0.15) is 5.60 Å². The minimum absolute atomic E-state index is 0.00533. The zero-order chi connectivity index (χ0) is 17.4. The van der Waals surface area contributed by atoms with Gasteiger partial charge in [0.2, 0.25) is 0 Å². The first kappa shape index (κ1) is 18.5. The fourth-order valence-corrected chi connectivity index (χ4v) is 3.24. The van der Waals surface area contributed by atoms with Gasteiger partial charge in [0, 0.05) is 18.6 Å². The summed E-state index contributed by atoms with van der Waals surface area (Å²) in [6.45, 7) is 11.8. The van der Waals surface area contributed by atoms with Crippen molar-refractivity contribution in [2.75, 3.05) is 6.61 Å². The molecule has 1 saturated heterocycles. The van der Waals surface area contributed by atoms with Gasteiger partial charge >= 0.3 is 6.09 Å². The highest BCUT2D eigenvalue weighted by Gasteiger charge is 2.54. The first-order valence-electron chi connectivity index (χ1n) is 8.58. The van der Waals surface area contributed by atoms with E-state index < -0.39 is 17.3 Å². The number of aliphatic hydroxyl groups is 1. The van der Waals surface area contributed by atoms with Crippen molar-refractivity contribution in [1.82, 2.24) is 10.6 Å². The molecular weight excluding hydrogens is 296 g/mol. The lowest BCUT2D eigenvalue weighted by Gasteiger charge is -2.55. The van der Waals surface area contributed by atoms with Crippen molar-refractivity contribution < 1.29 is 19.4 Å². The largest absolute Gasteiger partial charge is 0.444 e. The first-order chi connectivity index (χ1) is 10.5. The highest BCUT2D eigenvalue weighted by atomic mass is 16.6. The number of rotatable bonds is 4. The average Bonchev–Trinajstić information content (AvgIpc) is 2.39. The molecule has 134 valence electrons. The second kappa shape index (κ2) is 6.57. The molecule has 5 atom stereocenters. The predicted octanol–water partition coefficient (Wildman–Crippen LogP) is 1.81. The SMILES string of the molecule is CC(NC1C(NC(=O)OC(C)(C)C)C2CCCOC21)C(C)(C)O. The van der Waals surface area contributed by atoms with Gasteiger partial charge in [-0.1, -0.05) is 0 Å². The van der Waals surface area contributed by atoms with Crippen molar-refractivity contribution in [3.8, 4) is 0 Å². The molecule has 1 aliphatic carbocycles. The van der Waals surface area contributed by atoms with Crippen LogP contribution in [0.3, 0.4) is 0 Å². The van der Waals surface area contributed by atoms with Crippen LogP contribution in [0.4, 0.5) is 4.79 Å². The monoisotopic (exact) mass is 328 g/mol. The van der Waals surface area contributed by atoms with Gasteiger partial charge in [0.15, 0.2) is 0 Å². The van der Waals surface area contributed by atoms with E-state index in [2.05, 4.69) is 10.6 Å². The van der Waals surface area contributed by atoms with Crippen LogP contribution in [0.15, 0.2) is 0 Å². The summed E-state index contributed by atoms with van der Waals surface area (Å²) in [5, 5.41) is 16.6. The smallest absolute Gasteiger partial charge is 0.407 e. The van der Waals surface area contributed by atoms with E-state index in [4.69, 9.17) is 9.47 Å². The summed E-state index contributed by atoms with van der Waals surface area (Å²) in [6, 6.07) is -0.142. The molecule has 0 radical (unpaired) electrons. The molecule has 0 aromatic rings. The molecule has 2 rings (SSSR count). The molecular formula is C17H32N2O4. The van der Waals surface area contributed by atoms with E-state index in [1.807, 2.05) is 27.7 Å². The Labute approximate surface area is 139 Å². The Kier molecular flexibility index (Phi) is 5.28. The van der Waals surface area contributed by atoms with Crippen molar-refractivity contribution in [3.05, 3.63) is 0 Å². The number of nitrogens with one attached hydrogen (secondary N) is 2. The second-order valence-corrected chi connectivity index (χ2v) is 8.38. The maximum Gasteiger partial charge on any atom is 0.407 e. The van der Waals surface area contributed by atoms with Crippen LogP contribution in [0.25, 0.3) is 0 Å². The van der Waals surface area contributed by atoms with E-state index in [-0.39, 0.29) is 24.2 Å². The maximum absolute atomic E-state index is 12.1. The lowest BCUT2D eigenvalue weighted by atomic mass is 9.67. The fraction of sp³-hybridized carbons (Fsp3) is 0.941. The minimum atomic E-state index is -0.837. The lowest BCUT2D eigenvalue weighted by molar-refractivity contribution is -0.134. The minimum Gasteiger partial charge on any atom is -0.444 e. The third-order valence-electron chi connectivity index (χ3n) is 4.80. The fourth-order valence-electron chi connectivity index (χ4n) is 3.24. The summed E-state index contributed by atoms with van der Waals surface area (Å²) < 4.78 is 11.3. The van der Waals surface area contributed by atoms with Crippen molar-refractivity contribution in [1.29, 1.82) is 0 Å². The van der Waals surface area contributed by atoms with Crippen molar-refractivity contribution in [2.24, 2.45) is 5.92 Å². The maximum atomic E-state index is 12.1. The van der Waals surface area contributed by atoms with E-state index in [0.29, 0.717) is 5.92 Å². The van der Waals surface area contributed by atoms with Gasteiger partial charge in [-0.15, -0.1) is 0 Å². The van der Waals surface area contributed by atoms with E-state index >= 15 is 0 Å². The Morgan fingerprint density at radius 3 is 2.48 bits per heavy atom. The quantitative estimate of drug-likeness (QED) is 0.733. The van der Waals surface area contributed by atoms with Crippen LogP contribution < -0.4 is 10.6 Å². The Hall–Kier alpha value is -0.850. The van der Waals surface area contributed by atoms with Crippen LogP contribution in [-0.2, 0) is 9.47 Å². The Balaban J connectivity index is 2.01. The molecule has 3 N–H and O–H groups in total. The Morgan fingerprint density at radius 1 is 1.26 bits per heavy atom. The van der Waals surface area contributed by atoms with E-state index in [1.165, 1.54) is 0 Å². The number of fused-ring (bicyclic) bond motifs is 1. The molecule has 0 aromatic carbocycles. The topological polar surface area (TPSA) is 79.8 Å². The number of carbonyl (C=O) groups is 1. The van der Waals surface area contributed by atoms with Crippen molar-refractivity contribution in [3.63, 3.8) is 0 Å². The molecule has 5 unspecified atom stereocenters. The van der Waals surface area contributed by atoms with Gasteiger partial charge in [-0.25, -0.2) is 4.79 Å². The van der Waals surface area contributed by atoms with E-state index in [0.717, 1.165) is 19.4 Å². The van der Waals surface area contributed by atoms with Gasteiger partial charge in [-0.2, -0.15) is 0 Å². The highest BCUT2D eigenvalue weighted by molar-refractivity contribution is 5.68. The Bertz CT molecular complexity index is 427. The van der Waals surface area contributed by atoms with Gasteiger partial charge in [0.05, 0.1) is 23.8 Å². The molecule has 1 heterocycles. The lowest BCUT2D eigenvalue weighted by Crippen LogP contribution is -2.75. The third-order valence-corrected chi connectivity index (χ3v) is 4.80. The standard InChI is InChI=1S/C17H32N2O4/c1-10(17(5,6)21)18-13-12(11-8-7-9-22-14(11)13)19-15(20)23-16(2,3)4/h10-14,18,21H,7-9H2,1-6H3,(H,19,20). The van der Waals surface area contributed by atoms with E-state index in [9.17, 15) is 9.90 Å². The number of hydrogen-bond donors (Lipinski definition) is 3. The molecule has 0 bridgehead atoms. The van der Waals surface area contributed by atoms with E-state index in [1.54, 1.807) is 13.8 Å². The molecule has 1 saturated carbocycles. The van der Waals surface area contributed by atoms with Gasteiger partial charge < -0.3 is 25.2 Å². The first-order valence-corrected chi connectivity index (χ1v) is 8.58. The number of alkyl carbamates (subject to hydrolysis) is 1. The van der Waals surface area contributed by atoms with Gasteiger partial charge in [0.25, 0.3) is 0 Å². The van der Waals surface area contributed by atoms with Crippen LogP contribution in [0.5, 0.6) is 0 Å². The summed E-state index contributed by atoms with van der Waals surface area (Å²) in [5.74, 6) is 0.308. The zero-order valence-electron chi connectivity index (χ0n) is 15.2. The summed E-state index contributed by atoms with van der Waals surface area (Å²) >= 11 is 0. The van der Waals surface area contributed by atoms with Crippen LogP contribution in [0.1, 0.15) is 54.4 Å². The van der Waals surface area contributed by atoms with Crippen molar-refractivity contribution >= 4 is 6.09 Å². The second-order valence-electron chi connectivity index (χ2n) is 8.38. The molecule has 0 spiro atoms. The average molecular weight is 328 g/mol.